The molecule has 1 N–H and O–H groups in total. The fourth-order valence-corrected chi connectivity index (χ4v) is 2.95. The molecule has 0 atom stereocenters. The van der Waals surface area contributed by atoms with Crippen molar-refractivity contribution in [2.24, 2.45) is 15.3 Å². The molecular weight excluding hydrogens is 350 g/mol. The van der Waals surface area contributed by atoms with E-state index in [9.17, 15) is 9.90 Å². The highest BCUT2D eigenvalue weighted by atomic mass is 32.1. The summed E-state index contributed by atoms with van der Waals surface area (Å²) in [6.07, 6.45) is 1.52. The van der Waals surface area contributed by atoms with Crippen molar-refractivity contribution in [1.29, 1.82) is 0 Å². The van der Waals surface area contributed by atoms with Gasteiger partial charge in [0.2, 0.25) is 5.13 Å². The number of rotatable bonds is 6. The first-order chi connectivity index (χ1) is 12.7. The first kappa shape index (κ1) is 17.7. The van der Waals surface area contributed by atoms with Gasteiger partial charge in [0.1, 0.15) is 0 Å². The monoisotopic (exact) mass is 366 g/mol. The van der Waals surface area contributed by atoms with Crippen LogP contribution in [0.3, 0.4) is 0 Å². The lowest BCUT2D eigenvalue weighted by Gasteiger charge is -2.05. The summed E-state index contributed by atoms with van der Waals surface area (Å²) in [5.41, 5.74) is 4.52. The summed E-state index contributed by atoms with van der Waals surface area (Å²) < 4.78 is 1.06. The van der Waals surface area contributed by atoms with Crippen molar-refractivity contribution in [2.45, 2.75) is 19.8 Å². The number of benzene rings is 2. The van der Waals surface area contributed by atoms with Crippen LogP contribution in [0.15, 0.2) is 63.9 Å². The van der Waals surface area contributed by atoms with E-state index in [1.165, 1.54) is 23.5 Å². The minimum absolute atomic E-state index is 0.115. The summed E-state index contributed by atoms with van der Waals surface area (Å²) in [7, 11) is 0. The van der Waals surface area contributed by atoms with Gasteiger partial charge < -0.3 is 9.90 Å². The van der Waals surface area contributed by atoms with E-state index >= 15 is 0 Å². The minimum atomic E-state index is -1.21. The van der Waals surface area contributed by atoms with Crippen molar-refractivity contribution < 1.29 is 9.90 Å². The topological polar surface area (TPSA) is 102 Å². The van der Waals surface area contributed by atoms with Crippen LogP contribution in [-0.2, 0) is 0 Å². The molecule has 0 aliphatic heterocycles. The molecule has 0 saturated heterocycles. The minimum Gasteiger partial charge on any atom is -0.545 e. The summed E-state index contributed by atoms with van der Waals surface area (Å²) in [4.78, 5) is 15.2. The average Bonchev–Trinajstić information content (AvgIpc) is 3.07. The fourth-order valence-electron chi connectivity index (χ4n) is 2.17. The van der Waals surface area contributed by atoms with Crippen LogP contribution in [0.4, 0.5) is 10.8 Å². The van der Waals surface area contributed by atoms with E-state index < -0.39 is 5.97 Å². The first-order valence-electron chi connectivity index (χ1n) is 8.07. The van der Waals surface area contributed by atoms with Crippen molar-refractivity contribution >= 4 is 44.2 Å². The Morgan fingerprint density at radius 1 is 1.19 bits per heavy atom. The Labute approximate surface area is 154 Å². The predicted molar refractivity (Wildman–Crippen MR) is 101 cm³/mol. The molecule has 7 nitrogen and oxygen atoms in total. The van der Waals surface area contributed by atoms with Gasteiger partial charge in [-0.25, -0.2) is 4.98 Å². The van der Waals surface area contributed by atoms with Gasteiger partial charge in [0, 0.05) is 6.42 Å². The molecule has 26 heavy (non-hydrogen) atoms. The molecule has 0 bridgehead atoms. The van der Waals surface area contributed by atoms with Gasteiger partial charge in [0.25, 0.3) is 0 Å². The van der Waals surface area contributed by atoms with Crippen LogP contribution >= 0.6 is 11.3 Å². The van der Waals surface area contributed by atoms with Crippen molar-refractivity contribution in [1.82, 2.24) is 4.98 Å². The van der Waals surface area contributed by atoms with Crippen LogP contribution in [0.2, 0.25) is 0 Å². The number of para-hydroxylation sites is 1. The normalized spacial score (nSPS) is 12.0. The Morgan fingerprint density at radius 3 is 2.65 bits per heavy atom. The number of amidine groups is 1. The van der Waals surface area contributed by atoms with Crippen LogP contribution in [0, 0.1) is 0 Å². The molecule has 1 aromatic heterocycles. The summed E-state index contributed by atoms with van der Waals surface area (Å²) in [5.74, 6) is -0.674. The molecule has 3 aromatic rings. The Morgan fingerprint density at radius 2 is 1.96 bits per heavy atom. The van der Waals surface area contributed by atoms with Crippen molar-refractivity contribution in [2.75, 3.05) is 5.43 Å². The number of nitrogens with zero attached hydrogens (tertiary/aromatic N) is 4. The molecule has 0 radical (unpaired) electrons. The van der Waals surface area contributed by atoms with E-state index in [2.05, 4.69) is 25.7 Å². The Balaban J connectivity index is 1.72. The smallest absolute Gasteiger partial charge is 0.231 e. The number of aromatic nitrogens is 1. The first-order valence-corrected chi connectivity index (χ1v) is 8.88. The summed E-state index contributed by atoms with van der Waals surface area (Å²) in [5, 5.41) is 24.0. The van der Waals surface area contributed by atoms with E-state index in [1.807, 2.05) is 31.2 Å². The maximum atomic E-state index is 10.8. The largest absolute Gasteiger partial charge is 0.545 e. The number of carboxylic acid groups (broad SMARTS) is 1. The Hall–Kier alpha value is -3.13. The molecule has 0 amide bonds. The molecule has 1 heterocycles. The number of carboxylic acids is 1. The molecule has 132 valence electrons. The zero-order valence-corrected chi connectivity index (χ0v) is 14.9. The molecule has 0 unspecified atom stereocenters. The number of carbonyl (C=O) groups is 1. The highest BCUT2D eigenvalue weighted by Gasteiger charge is 2.03. The molecule has 0 aliphatic carbocycles. The number of thiazole rings is 1. The van der Waals surface area contributed by atoms with Crippen molar-refractivity contribution in [3.63, 3.8) is 0 Å². The third kappa shape index (κ3) is 4.48. The third-order valence-electron chi connectivity index (χ3n) is 3.44. The van der Waals surface area contributed by atoms with Gasteiger partial charge in [-0.3, -0.25) is 5.43 Å². The quantitative estimate of drug-likeness (QED) is 0.308. The fraction of sp³-hybridized carbons (Fsp3) is 0.167. The van der Waals surface area contributed by atoms with Gasteiger partial charge in [0.15, 0.2) is 5.84 Å². The van der Waals surface area contributed by atoms with E-state index in [-0.39, 0.29) is 5.56 Å². The molecule has 2 aromatic carbocycles. The molecule has 0 aliphatic rings. The van der Waals surface area contributed by atoms with Crippen LogP contribution in [0.5, 0.6) is 0 Å². The number of hydrogen-bond acceptors (Lipinski definition) is 7. The highest BCUT2D eigenvalue weighted by molar-refractivity contribution is 7.21. The standard InChI is InChI=1S/C18H17N5O2S/c1-2-5-16(21-20-13-10-8-12(9-11-13)17(24)25)22-23-18-19-14-6-3-4-7-15(14)26-18/h3-4,6-11,20H,2,5H2,1H3,(H,24,25)/p-1. The van der Waals surface area contributed by atoms with Crippen LogP contribution in [0.25, 0.3) is 10.2 Å². The maximum absolute atomic E-state index is 10.8. The summed E-state index contributed by atoms with van der Waals surface area (Å²) in [6, 6.07) is 14.0. The predicted octanol–water partition coefficient (Wildman–Crippen LogP) is 3.97. The number of azo groups is 1. The highest BCUT2D eigenvalue weighted by Crippen LogP contribution is 2.27. The maximum Gasteiger partial charge on any atom is 0.231 e. The van der Waals surface area contributed by atoms with E-state index in [0.29, 0.717) is 23.1 Å². The van der Waals surface area contributed by atoms with Gasteiger partial charge in [-0.1, -0.05) is 42.5 Å². The lowest BCUT2D eigenvalue weighted by atomic mass is 10.2. The number of hydrazone groups is 1. The zero-order chi connectivity index (χ0) is 18.4. The lowest BCUT2D eigenvalue weighted by Crippen LogP contribution is -2.21. The zero-order valence-electron chi connectivity index (χ0n) is 14.0. The van der Waals surface area contributed by atoms with E-state index in [1.54, 1.807) is 12.1 Å². The summed E-state index contributed by atoms with van der Waals surface area (Å²) in [6.45, 7) is 2.03. The third-order valence-corrected chi connectivity index (χ3v) is 4.36. The van der Waals surface area contributed by atoms with Crippen molar-refractivity contribution in [3.8, 4) is 0 Å². The average molecular weight is 366 g/mol. The van der Waals surface area contributed by atoms with Crippen LogP contribution in [-0.4, -0.2) is 16.8 Å². The Kier molecular flexibility index (Phi) is 5.65. The molecule has 8 heteroatoms. The van der Waals surface area contributed by atoms with Gasteiger partial charge >= 0.3 is 0 Å². The molecule has 0 saturated carbocycles. The second-order valence-corrected chi connectivity index (χ2v) is 6.43. The molecule has 3 rings (SSSR count). The van der Waals surface area contributed by atoms with E-state index in [4.69, 9.17) is 0 Å². The van der Waals surface area contributed by atoms with Gasteiger partial charge in [-0.15, -0.1) is 10.2 Å². The van der Waals surface area contributed by atoms with Crippen LogP contribution in [0.1, 0.15) is 30.1 Å². The summed E-state index contributed by atoms with van der Waals surface area (Å²) >= 11 is 1.47. The number of anilines is 1. The van der Waals surface area contributed by atoms with Gasteiger partial charge in [0.05, 0.1) is 21.9 Å². The van der Waals surface area contributed by atoms with Gasteiger partial charge in [-0.05, 0) is 36.2 Å². The number of aromatic carboxylic acids is 1. The van der Waals surface area contributed by atoms with E-state index in [0.717, 1.165) is 16.6 Å². The number of carbonyl (C=O) groups excluding carboxylic acids is 1. The molecule has 0 fully saturated rings. The number of hydrogen-bond donors (Lipinski definition) is 1. The number of fused-ring (bicyclic) bond motifs is 1. The van der Waals surface area contributed by atoms with Crippen molar-refractivity contribution in [3.05, 3.63) is 54.1 Å². The lowest BCUT2D eigenvalue weighted by molar-refractivity contribution is -0.255. The van der Waals surface area contributed by atoms with Crippen LogP contribution < -0.4 is 10.5 Å². The molecule has 0 spiro atoms. The Bertz CT molecular complexity index is 930. The van der Waals surface area contributed by atoms with Gasteiger partial charge in [-0.2, -0.15) is 5.10 Å². The second kappa shape index (κ2) is 8.30. The molecular formula is C18H16N5O2S-. The number of nitrogens with one attached hydrogen (secondary N) is 1. The second-order valence-electron chi connectivity index (χ2n) is 5.42. The SMILES string of the molecule is CCCC(N=Nc1nc2ccccc2s1)=NNc1ccc(C(=O)[O-])cc1.